The van der Waals surface area contributed by atoms with Crippen molar-refractivity contribution in [2.24, 2.45) is 0 Å². The van der Waals surface area contributed by atoms with E-state index in [0.29, 0.717) is 30.0 Å². The van der Waals surface area contributed by atoms with Crippen molar-refractivity contribution in [2.75, 3.05) is 17.6 Å². The van der Waals surface area contributed by atoms with Gasteiger partial charge >= 0.3 is 0 Å². The summed E-state index contributed by atoms with van der Waals surface area (Å²) in [7, 11) is 0. The van der Waals surface area contributed by atoms with Crippen molar-refractivity contribution in [3.63, 3.8) is 0 Å². The van der Waals surface area contributed by atoms with E-state index in [1.54, 1.807) is 36.0 Å². The van der Waals surface area contributed by atoms with Crippen molar-refractivity contribution in [1.29, 1.82) is 5.26 Å². The third-order valence-electron chi connectivity index (χ3n) is 5.41. The number of carbonyl (C=O) groups excluding carboxylic acids is 2. The number of rotatable bonds is 7. The highest BCUT2D eigenvalue weighted by Crippen LogP contribution is 2.38. The van der Waals surface area contributed by atoms with Crippen LogP contribution in [0.3, 0.4) is 0 Å². The fourth-order valence-corrected chi connectivity index (χ4v) is 4.88. The molecule has 1 aliphatic rings. The molecule has 1 N–H and O–H groups in total. The molecule has 1 heterocycles. The number of hydrogen-bond donors (Lipinski definition) is 1. The lowest BCUT2D eigenvalue weighted by molar-refractivity contribution is -0.128. The highest BCUT2D eigenvalue weighted by molar-refractivity contribution is 8.00. The van der Waals surface area contributed by atoms with E-state index >= 15 is 0 Å². The summed E-state index contributed by atoms with van der Waals surface area (Å²) >= 11 is 1.62. The van der Waals surface area contributed by atoms with Crippen LogP contribution in [0.25, 0.3) is 0 Å². The maximum Gasteiger partial charge on any atom is 0.255 e. The first-order valence-corrected chi connectivity index (χ1v) is 11.5. The van der Waals surface area contributed by atoms with Crippen LogP contribution in [0.2, 0.25) is 0 Å². The molecule has 32 heavy (non-hydrogen) atoms. The Hall–Kier alpha value is -3.56. The molecule has 4 rings (SSSR count). The average Bonchev–Trinajstić information content (AvgIpc) is 3.20. The third kappa shape index (κ3) is 5.19. The predicted molar refractivity (Wildman–Crippen MR) is 127 cm³/mol. The van der Waals surface area contributed by atoms with Crippen LogP contribution in [0.15, 0.2) is 78.9 Å². The minimum absolute atomic E-state index is 0.0315. The van der Waals surface area contributed by atoms with E-state index in [0.717, 1.165) is 17.5 Å². The molecule has 0 aromatic heterocycles. The lowest BCUT2D eigenvalue weighted by Gasteiger charge is -2.24. The van der Waals surface area contributed by atoms with Gasteiger partial charge in [-0.15, -0.1) is 11.8 Å². The number of nitriles is 1. The summed E-state index contributed by atoms with van der Waals surface area (Å²) in [6.45, 7) is 0.671. The number of thioether (sulfide) groups is 1. The van der Waals surface area contributed by atoms with Gasteiger partial charge < -0.3 is 10.2 Å². The first kappa shape index (κ1) is 21.7. The van der Waals surface area contributed by atoms with Crippen LogP contribution in [0.1, 0.15) is 32.4 Å². The number of benzene rings is 3. The molecule has 5 nitrogen and oxygen atoms in total. The molecule has 0 unspecified atom stereocenters. The normalized spacial score (nSPS) is 15.4. The number of nitrogens with zero attached hydrogens (tertiary/aromatic N) is 2. The highest BCUT2D eigenvalue weighted by Gasteiger charge is 2.32. The molecule has 0 aliphatic carbocycles. The van der Waals surface area contributed by atoms with E-state index in [1.165, 1.54) is 5.56 Å². The second-order valence-corrected chi connectivity index (χ2v) is 8.66. The first-order valence-electron chi connectivity index (χ1n) is 10.5. The number of nitrogens with one attached hydrogen (secondary N) is 1. The van der Waals surface area contributed by atoms with Gasteiger partial charge in [0.15, 0.2) is 0 Å². The van der Waals surface area contributed by atoms with Crippen molar-refractivity contribution < 1.29 is 9.59 Å². The summed E-state index contributed by atoms with van der Waals surface area (Å²) < 4.78 is 0. The quantitative estimate of drug-likeness (QED) is 0.570. The lowest BCUT2D eigenvalue weighted by atomic mass is 10.1. The van der Waals surface area contributed by atoms with E-state index in [4.69, 9.17) is 5.26 Å². The maximum atomic E-state index is 12.6. The lowest BCUT2D eigenvalue weighted by Crippen LogP contribution is -2.30. The summed E-state index contributed by atoms with van der Waals surface area (Å²) in [5, 5.41) is 11.6. The van der Waals surface area contributed by atoms with Gasteiger partial charge in [0.2, 0.25) is 5.91 Å². The van der Waals surface area contributed by atoms with Crippen LogP contribution < -0.4 is 5.32 Å². The molecule has 0 radical (unpaired) electrons. The Morgan fingerprint density at radius 1 is 1.00 bits per heavy atom. The average molecular weight is 442 g/mol. The monoisotopic (exact) mass is 441 g/mol. The molecule has 1 atom stereocenters. The molecule has 0 saturated carbocycles. The molecular weight excluding hydrogens is 418 g/mol. The molecule has 2 amide bonds. The van der Waals surface area contributed by atoms with Crippen molar-refractivity contribution in [3.8, 4) is 6.07 Å². The summed E-state index contributed by atoms with van der Waals surface area (Å²) in [4.78, 5) is 27.0. The van der Waals surface area contributed by atoms with Gasteiger partial charge in [-0.1, -0.05) is 54.6 Å². The zero-order chi connectivity index (χ0) is 22.3. The van der Waals surface area contributed by atoms with Crippen molar-refractivity contribution in [3.05, 3.63) is 101 Å². The Bertz CT molecular complexity index is 1120. The smallest absolute Gasteiger partial charge is 0.255 e. The molecule has 3 aromatic carbocycles. The zero-order valence-electron chi connectivity index (χ0n) is 17.5. The minimum atomic E-state index is -0.194. The molecule has 1 aliphatic heterocycles. The Kier molecular flexibility index (Phi) is 6.88. The molecule has 6 heteroatoms. The summed E-state index contributed by atoms with van der Waals surface area (Å²) in [5.41, 5.74) is 4.38. The van der Waals surface area contributed by atoms with Crippen LogP contribution >= 0.6 is 11.8 Å². The van der Waals surface area contributed by atoms with Gasteiger partial charge in [-0.3, -0.25) is 9.59 Å². The summed E-state index contributed by atoms with van der Waals surface area (Å²) in [5.74, 6) is 0.432. The van der Waals surface area contributed by atoms with Crippen LogP contribution in [0.4, 0.5) is 5.69 Å². The fraction of sp³-hybridized carbons (Fsp3) is 0.192. The third-order valence-corrected chi connectivity index (χ3v) is 6.66. The van der Waals surface area contributed by atoms with Gasteiger partial charge in [0.25, 0.3) is 5.91 Å². The van der Waals surface area contributed by atoms with Crippen molar-refractivity contribution in [1.82, 2.24) is 4.90 Å². The molecular formula is C26H23N3O2S. The van der Waals surface area contributed by atoms with Crippen molar-refractivity contribution in [2.45, 2.75) is 18.2 Å². The van der Waals surface area contributed by atoms with E-state index in [2.05, 4.69) is 23.5 Å². The summed E-state index contributed by atoms with van der Waals surface area (Å²) in [6, 6.07) is 27.0. The van der Waals surface area contributed by atoms with E-state index in [-0.39, 0.29) is 17.2 Å². The minimum Gasteiger partial charge on any atom is -0.326 e. The Balaban J connectivity index is 1.40. The Labute approximate surface area is 192 Å². The van der Waals surface area contributed by atoms with Gasteiger partial charge in [0.05, 0.1) is 18.2 Å². The number of anilines is 1. The molecule has 3 aromatic rings. The van der Waals surface area contributed by atoms with Crippen LogP contribution in [0.5, 0.6) is 0 Å². The zero-order valence-corrected chi connectivity index (χ0v) is 18.3. The molecule has 0 spiro atoms. The second kappa shape index (κ2) is 10.2. The van der Waals surface area contributed by atoms with Crippen molar-refractivity contribution >= 4 is 29.3 Å². The van der Waals surface area contributed by atoms with E-state index in [9.17, 15) is 9.59 Å². The van der Waals surface area contributed by atoms with E-state index in [1.807, 2.05) is 47.4 Å². The van der Waals surface area contributed by atoms with Crippen LogP contribution in [-0.2, 0) is 17.6 Å². The fourth-order valence-electron chi connectivity index (χ4n) is 3.67. The number of amides is 2. The van der Waals surface area contributed by atoms with Crippen LogP contribution in [0, 0.1) is 11.3 Å². The van der Waals surface area contributed by atoms with Gasteiger partial charge in [0, 0.05) is 17.8 Å². The molecule has 1 fully saturated rings. The van der Waals surface area contributed by atoms with Gasteiger partial charge in [-0.2, -0.15) is 5.26 Å². The topological polar surface area (TPSA) is 73.2 Å². The van der Waals surface area contributed by atoms with Gasteiger partial charge in [-0.25, -0.2) is 0 Å². The van der Waals surface area contributed by atoms with Crippen LogP contribution in [-0.4, -0.2) is 29.0 Å². The van der Waals surface area contributed by atoms with E-state index < -0.39 is 0 Å². The molecule has 160 valence electrons. The Morgan fingerprint density at radius 3 is 2.41 bits per heavy atom. The molecule has 0 bridgehead atoms. The van der Waals surface area contributed by atoms with Gasteiger partial charge in [-0.05, 0) is 47.4 Å². The van der Waals surface area contributed by atoms with Gasteiger partial charge in [0.1, 0.15) is 5.37 Å². The second-order valence-electron chi connectivity index (χ2n) is 7.59. The maximum absolute atomic E-state index is 12.6. The first-order chi connectivity index (χ1) is 15.6. The number of hydrogen-bond acceptors (Lipinski definition) is 4. The largest absolute Gasteiger partial charge is 0.326 e. The summed E-state index contributed by atoms with van der Waals surface area (Å²) in [6.07, 6.45) is 1.16. The predicted octanol–water partition coefficient (Wildman–Crippen LogP) is 4.82. The standard InChI is InChI=1S/C26H23N3O2S/c27-16-14-20-6-12-23(13-7-20)28-25(31)21-8-10-22(11-9-21)26-29(24(30)18-32-26)17-15-19-4-2-1-3-5-19/h1-13,26H,14-15,17-18H2,(H,28,31)/t26-/m1/s1. The SMILES string of the molecule is N#CCc1ccc(NC(=O)c2ccc([C@H]3SCC(=O)N3CCc3ccccc3)cc2)cc1. The number of carbonyl (C=O) groups is 2. The molecule has 1 saturated heterocycles. The Morgan fingerprint density at radius 2 is 1.72 bits per heavy atom. The highest BCUT2D eigenvalue weighted by atomic mass is 32.2.